The number of rotatable bonds is 1. The van der Waals surface area contributed by atoms with Gasteiger partial charge >= 0.3 is 0 Å². The van der Waals surface area contributed by atoms with Gasteiger partial charge in [-0.15, -0.1) is 0 Å². The Hall–Kier alpha value is 0.250. The van der Waals surface area contributed by atoms with E-state index in [1.165, 1.54) is 11.8 Å². The fourth-order valence-corrected chi connectivity index (χ4v) is 6.85. The van der Waals surface area contributed by atoms with Crippen LogP contribution in [0.2, 0.25) is 0 Å². The van der Waals surface area contributed by atoms with E-state index in [-0.39, 0.29) is 21.5 Å². The normalized spacial score (nSPS) is 37.5. The van der Waals surface area contributed by atoms with Gasteiger partial charge < -0.3 is 0 Å². The van der Waals surface area contributed by atoms with Gasteiger partial charge in [0.2, 0.25) is 0 Å². The highest BCUT2D eigenvalue weighted by atomic mass is 79.9. The minimum Gasteiger partial charge on any atom is -0.282 e. The monoisotopic (exact) mass is 287 g/mol. The zero-order valence-electron chi connectivity index (χ0n) is 7.16. The van der Waals surface area contributed by atoms with Crippen LogP contribution in [0.25, 0.3) is 0 Å². The average molecular weight is 288 g/mol. The predicted molar refractivity (Wildman–Crippen MR) is 58.5 cm³/mol. The molecule has 0 spiro atoms. The third-order valence-electron chi connectivity index (χ3n) is 1.92. The van der Waals surface area contributed by atoms with Gasteiger partial charge in [0.15, 0.2) is 9.84 Å². The van der Waals surface area contributed by atoms with Gasteiger partial charge in [0.25, 0.3) is 5.17 Å². The Morgan fingerprint density at radius 1 is 1.77 bits per heavy atom. The number of nitrogens with two attached hydrogens (primary N) is 2. The van der Waals surface area contributed by atoms with Crippen LogP contribution >= 0.6 is 27.7 Å². The van der Waals surface area contributed by atoms with Gasteiger partial charge in [0.1, 0.15) is 0 Å². The second kappa shape index (κ2) is 3.43. The summed E-state index contributed by atoms with van der Waals surface area (Å²) < 4.78 is 22.2. The first-order valence-electron chi connectivity index (χ1n) is 3.66. The number of hydrogen-bond donors (Lipinski definition) is 2. The maximum Gasteiger partial charge on any atom is 0.300 e. The lowest BCUT2D eigenvalue weighted by molar-refractivity contribution is -0.110. The molecule has 7 heteroatoms. The largest absolute Gasteiger partial charge is 0.300 e. The van der Waals surface area contributed by atoms with Crippen LogP contribution in [0.3, 0.4) is 0 Å². The third-order valence-corrected chi connectivity index (χ3v) is 7.18. The molecular formula is C6H12BrN2O2S2+. The second-order valence-corrected chi connectivity index (χ2v) is 8.16. The Balaban J connectivity index is 2.87. The van der Waals surface area contributed by atoms with Crippen LogP contribution in [-0.4, -0.2) is 34.7 Å². The van der Waals surface area contributed by atoms with Crippen molar-refractivity contribution in [2.24, 2.45) is 5.73 Å². The molecule has 0 saturated carbocycles. The summed E-state index contributed by atoms with van der Waals surface area (Å²) in [5.41, 5.74) is 5.35. The van der Waals surface area contributed by atoms with E-state index in [1.807, 2.05) is 6.92 Å². The van der Waals surface area contributed by atoms with Crippen molar-refractivity contribution in [3.63, 3.8) is 0 Å². The van der Waals surface area contributed by atoms with E-state index in [4.69, 9.17) is 11.1 Å². The van der Waals surface area contributed by atoms with Gasteiger partial charge in [-0.2, -0.15) is 0 Å². The smallest absolute Gasteiger partial charge is 0.282 e. The number of halogens is 1. The molecule has 1 aliphatic heterocycles. The summed E-state index contributed by atoms with van der Waals surface area (Å²) in [6, 6.07) is 0. The Morgan fingerprint density at radius 3 is 2.62 bits per heavy atom. The molecule has 0 aromatic carbocycles. The van der Waals surface area contributed by atoms with Crippen molar-refractivity contribution in [1.82, 2.24) is 0 Å². The van der Waals surface area contributed by atoms with Crippen LogP contribution < -0.4 is 11.1 Å². The molecule has 2 unspecified atom stereocenters. The molecule has 1 aliphatic rings. The van der Waals surface area contributed by atoms with Crippen molar-refractivity contribution < 1.29 is 13.8 Å². The minimum atomic E-state index is -2.94. The highest BCUT2D eigenvalue weighted by Gasteiger charge is 2.47. The number of thioether (sulfide) groups is 1. The van der Waals surface area contributed by atoms with Crippen LogP contribution in [0, 0.1) is 0 Å². The average Bonchev–Trinajstić information content (AvgIpc) is 1.98. The Bertz CT molecular complexity index is 330. The molecule has 1 fully saturated rings. The van der Waals surface area contributed by atoms with Crippen molar-refractivity contribution in [3.05, 3.63) is 0 Å². The molecule has 0 amide bonds. The molecular weight excluding hydrogens is 276 g/mol. The van der Waals surface area contributed by atoms with E-state index < -0.39 is 14.6 Å². The van der Waals surface area contributed by atoms with Crippen LogP contribution in [-0.2, 0) is 9.84 Å². The minimum absolute atomic E-state index is 0.0860. The molecule has 0 bridgehead atoms. The summed E-state index contributed by atoms with van der Waals surface area (Å²) in [5, 5.41) is 5.56. The molecule has 1 saturated heterocycles. The molecule has 4 N–H and O–H groups in total. The van der Waals surface area contributed by atoms with Gasteiger partial charge in [-0.3, -0.25) is 11.1 Å². The van der Waals surface area contributed by atoms with Crippen molar-refractivity contribution in [2.45, 2.75) is 16.5 Å². The van der Waals surface area contributed by atoms with E-state index in [2.05, 4.69) is 15.9 Å². The molecule has 4 nitrogen and oxygen atoms in total. The predicted octanol–water partition coefficient (Wildman–Crippen LogP) is -1.26. The SMILES string of the molecule is CC1(SC(N)=[NH2+])CS(=O)(=O)CC1Br. The maximum absolute atomic E-state index is 11.3. The fraction of sp³-hybridized carbons (Fsp3) is 0.833. The Morgan fingerprint density at radius 2 is 2.31 bits per heavy atom. The molecule has 0 aromatic rings. The van der Waals surface area contributed by atoms with Crippen LogP contribution in [0.15, 0.2) is 0 Å². The van der Waals surface area contributed by atoms with Crippen molar-refractivity contribution in [2.75, 3.05) is 11.5 Å². The summed E-state index contributed by atoms with van der Waals surface area (Å²) >= 11 is 4.56. The molecule has 1 heterocycles. The van der Waals surface area contributed by atoms with Crippen LogP contribution in [0.4, 0.5) is 0 Å². The second-order valence-electron chi connectivity index (χ2n) is 3.34. The lowest BCUT2D eigenvalue weighted by atomic mass is 10.1. The molecule has 13 heavy (non-hydrogen) atoms. The van der Waals surface area contributed by atoms with E-state index in [1.54, 1.807) is 0 Å². The maximum atomic E-state index is 11.3. The molecule has 0 radical (unpaired) electrons. The molecule has 76 valence electrons. The Kier molecular flexibility index (Phi) is 2.99. The van der Waals surface area contributed by atoms with Crippen molar-refractivity contribution in [1.29, 1.82) is 0 Å². The highest BCUT2D eigenvalue weighted by Crippen LogP contribution is 2.39. The van der Waals surface area contributed by atoms with E-state index in [0.29, 0.717) is 0 Å². The van der Waals surface area contributed by atoms with E-state index >= 15 is 0 Å². The summed E-state index contributed by atoms with van der Waals surface area (Å²) in [7, 11) is -2.94. The number of alkyl halides is 1. The van der Waals surface area contributed by atoms with E-state index in [0.717, 1.165) is 0 Å². The van der Waals surface area contributed by atoms with E-state index in [9.17, 15) is 8.42 Å². The standard InChI is InChI=1S/C6H11BrN2O2S2/c1-6(12-5(8)9)3-13(10,11)2-4(6)7/h4H,2-3H2,1H3,(H3,8,9)/p+1. The molecule has 0 aromatic heterocycles. The lowest BCUT2D eigenvalue weighted by Gasteiger charge is -2.22. The van der Waals surface area contributed by atoms with Crippen LogP contribution in [0.5, 0.6) is 0 Å². The Labute approximate surface area is 90.2 Å². The lowest BCUT2D eigenvalue weighted by Crippen LogP contribution is -2.47. The number of sulfone groups is 1. The first-order chi connectivity index (χ1) is 5.75. The zero-order valence-corrected chi connectivity index (χ0v) is 10.4. The zero-order chi connectivity index (χ0) is 10.3. The quantitative estimate of drug-likeness (QED) is 0.358. The molecule has 1 rings (SSSR count). The first-order valence-corrected chi connectivity index (χ1v) is 7.22. The van der Waals surface area contributed by atoms with Gasteiger partial charge in [-0.1, -0.05) is 15.9 Å². The van der Waals surface area contributed by atoms with Crippen molar-refractivity contribution >= 4 is 42.7 Å². The number of hydrogen-bond acceptors (Lipinski definition) is 3. The highest BCUT2D eigenvalue weighted by molar-refractivity contribution is 9.09. The summed E-state index contributed by atoms with van der Waals surface area (Å²) in [6.45, 7) is 1.85. The third kappa shape index (κ3) is 2.60. The first kappa shape index (κ1) is 11.3. The van der Waals surface area contributed by atoms with Gasteiger partial charge in [0.05, 0.1) is 16.3 Å². The number of amidine groups is 1. The summed E-state index contributed by atoms with van der Waals surface area (Å²) in [5.74, 6) is 0.280. The molecule has 2 atom stereocenters. The van der Waals surface area contributed by atoms with Gasteiger partial charge in [-0.05, 0) is 18.7 Å². The summed E-state index contributed by atoms with van der Waals surface area (Å²) in [4.78, 5) is -0.0860. The van der Waals surface area contributed by atoms with Gasteiger partial charge in [0, 0.05) is 4.83 Å². The molecule has 0 aliphatic carbocycles. The van der Waals surface area contributed by atoms with Crippen molar-refractivity contribution in [3.8, 4) is 0 Å². The van der Waals surface area contributed by atoms with Crippen LogP contribution in [0.1, 0.15) is 6.92 Å². The van der Waals surface area contributed by atoms with Gasteiger partial charge in [-0.25, -0.2) is 8.42 Å². The fourth-order valence-electron chi connectivity index (χ4n) is 1.35. The topological polar surface area (TPSA) is 85.8 Å². The summed E-state index contributed by atoms with van der Waals surface area (Å²) in [6.07, 6.45) is 0.